The zero-order valence-electron chi connectivity index (χ0n) is 25.7. The molecule has 11 nitrogen and oxygen atoms in total. The van der Waals surface area contributed by atoms with Crippen molar-refractivity contribution >= 4 is 27.5 Å². The van der Waals surface area contributed by atoms with E-state index in [1.807, 2.05) is 62.4 Å². The second kappa shape index (κ2) is 13.1. The number of carboxylic acid groups (broad SMARTS) is 1. The van der Waals surface area contributed by atoms with E-state index < -0.39 is 43.5 Å². The Kier molecular flexibility index (Phi) is 9.32. The Balaban J connectivity index is 1.25. The van der Waals surface area contributed by atoms with Crippen molar-refractivity contribution in [3.8, 4) is 11.1 Å². The van der Waals surface area contributed by atoms with Crippen molar-refractivity contribution in [1.29, 1.82) is 0 Å². The van der Waals surface area contributed by atoms with Gasteiger partial charge >= 0.3 is 5.97 Å². The summed E-state index contributed by atoms with van der Waals surface area (Å²) in [6.07, 6.45) is 2.46. The molecule has 0 spiro atoms. The molecule has 2 aliphatic rings. The van der Waals surface area contributed by atoms with Crippen LogP contribution in [0.2, 0.25) is 0 Å². The normalized spacial score (nSPS) is 21.1. The van der Waals surface area contributed by atoms with Gasteiger partial charge in [0.1, 0.15) is 11.8 Å². The van der Waals surface area contributed by atoms with E-state index in [9.17, 15) is 33.2 Å². The van der Waals surface area contributed by atoms with Gasteiger partial charge in [-0.25, -0.2) is 13.1 Å². The van der Waals surface area contributed by atoms with Gasteiger partial charge in [0.15, 0.2) is 5.82 Å². The maximum absolute atomic E-state index is 13.2. The molecule has 0 heterocycles. The summed E-state index contributed by atoms with van der Waals surface area (Å²) < 4.78 is 28.9. The Morgan fingerprint density at radius 2 is 1.76 bits per heavy atom. The van der Waals surface area contributed by atoms with Crippen LogP contribution in [0.15, 0.2) is 90.9 Å². The van der Waals surface area contributed by atoms with E-state index in [4.69, 9.17) is 0 Å². The van der Waals surface area contributed by atoms with Gasteiger partial charge in [0, 0.05) is 24.1 Å². The van der Waals surface area contributed by atoms with E-state index in [0.29, 0.717) is 30.6 Å². The smallest absolute Gasteiger partial charge is 0.322 e. The Bertz CT molecular complexity index is 1760. The second-order valence-electron chi connectivity index (χ2n) is 12.7. The number of carbonyl (C=O) groups excluding carboxylic acids is 1. The van der Waals surface area contributed by atoms with Gasteiger partial charge in [0.05, 0.1) is 10.7 Å². The van der Waals surface area contributed by atoms with Crippen LogP contribution in [-0.2, 0) is 32.6 Å². The summed E-state index contributed by atoms with van der Waals surface area (Å²) in [6, 6.07) is 22.5. The van der Waals surface area contributed by atoms with Gasteiger partial charge in [-0.3, -0.25) is 19.7 Å². The molecule has 12 heteroatoms. The summed E-state index contributed by atoms with van der Waals surface area (Å²) in [5, 5.41) is 27.2. The van der Waals surface area contributed by atoms with E-state index >= 15 is 0 Å². The number of Topliss-reactive ketones (excluding diaryl/α,β-unsaturated/α-hetero) is 1. The number of carboxylic acids is 1. The number of rotatable bonds is 14. The fraction of sp³-hybridized carbons (Fsp3) is 0.353. The highest BCUT2D eigenvalue weighted by Gasteiger charge is 2.65. The molecule has 3 aromatic carbocycles. The largest absolute Gasteiger partial charge is 0.480 e. The van der Waals surface area contributed by atoms with Gasteiger partial charge in [-0.15, -0.1) is 0 Å². The van der Waals surface area contributed by atoms with Crippen molar-refractivity contribution in [3.63, 3.8) is 0 Å². The molecule has 3 aromatic rings. The molecule has 2 saturated carbocycles. The van der Waals surface area contributed by atoms with E-state index in [1.54, 1.807) is 30.3 Å². The van der Waals surface area contributed by atoms with Gasteiger partial charge in [0.2, 0.25) is 10.0 Å². The fourth-order valence-electron chi connectivity index (χ4n) is 6.89. The van der Waals surface area contributed by atoms with Crippen LogP contribution in [0, 0.1) is 26.9 Å². The highest BCUT2D eigenvalue weighted by atomic mass is 32.2. The van der Waals surface area contributed by atoms with Gasteiger partial charge in [-0.1, -0.05) is 80.6 Å². The summed E-state index contributed by atoms with van der Waals surface area (Å²) in [4.78, 5) is 35.7. The molecule has 2 fully saturated rings. The zero-order valence-corrected chi connectivity index (χ0v) is 26.5. The molecule has 5 rings (SSSR count). The lowest BCUT2D eigenvalue weighted by Gasteiger charge is -2.36. The van der Waals surface area contributed by atoms with E-state index in [0.717, 1.165) is 29.3 Å². The minimum Gasteiger partial charge on any atom is -0.480 e. The summed E-state index contributed by atoms with van der Waals surface area (Å²) in [5.41, 5.74) is 2.38. The molecule has 46 heavy (non-hydrogen) atoms. The number of nitrogens with zero attached hydrogens (tertiary/aromatic N) is 1. The Morgan fingerprint density at radius 3 is 2.37 bits per heavy atom. The third-order valence-corrected chi connectivity index (χ3v) is 11.1. The number of nitrogens with one attached hydrogen (secondary N) is 3. The van der Waals surface area contributed by atoms with Crippen molar-refractivity contribution in [2.45, 2.75) is 52.1 Å². The maximum atomic E-state index is 13.2. The number of ketones is 1. The van der Waals surface area contributed by atoms with Gasteiger partial charge < -0.3 is 15.7 Å². The third-order valence-electron chi connectivity index (χ3n) is 9.62. The second-order valence-corrected chi connectivity index (χ2v) is 14.5. The highest BCUT2D eigenvalue weighted by Crippen LogP contribution is 2.64. The molecule has 2 aliphatic carbocycles. The number of hydrogen-bond acceptors (Lipinski definition) is 8. The lowest BCUT2D eigenvalue weighted by Crippen LogP contribution is -2.49. The van der Waals surface area contributed by atoms with Crippen LogP contribution in [0.25, 0.3) is 11.1 Å². The third kappa shape index (κ3) is 7.13. The average molecular weight is 647 g/mol. The first kappa shape index (κ1) is 32.8. The average Bonchev–Trinajstić information content (AvgIpc) is 3.34. The van der Waals surface area contributed by atoms with Crippen molar-refractivity contribution in [1.82, 2.24) is 10.0 Å². The molecule has 0 aromatic heterocycles. The lowest BCUT2D eigenvalue weighted by molar-refractivity contribution is -0.403. The van der Waals surface area contributed by atoms with E-state index in [1.165, 1.54) is 0 Å². The molecule has 0 aliphatic heterocycles. The number of sulfonamides is 1. The summed E-state index contributed by atoms with van der Waals surface area (Å²) >= 11 is 0. The van der Waals surface area contributed by atoms with Crippen molar-refractivity contribution in [2.24, 2.45) is 16.7 Å². The molecule has 0 saturated heterocycles. The first-order valence-corrected chi connectivity index (χ1v) is 16.8. The standard InChI is InChI=1S/C34H38N4O7S/c1-33(2)27-15-16-34(33,30(39)19-27)22-46(44,45)37-29(32(40)41)17-23-11-13-25(14-12-23)26-9-6-10-28(18-26)36-31(21-38(42)43)35-20-24-7-4-3-5-8-24/h3-14,18,21,27,29,35-37H,15-17,19-20,22H2,1-2H3,(H,40,41)/b31-21+/t27-,29-,34?/m0/s1. The number of carbonyl (C=O) groups is 2. The lowest BCUT2D eigenvalue weighted by atomic mass is 9.70. The Hall–Kier alpha value is -4.55. The minimum atomic E-state index is -4.08. The van der Waals surface area contributed by atoms with E-state index in [-0.39, 0.29) is 23.9 Å². The minimum absolute atomic E-state index is 0.0469. The molecule has 0 radical (unpaired) electrons. The number of fused-ring (bicyclic) bond motifs is 2. The van der Waals surface area contributed by atoms with Gasteiger partial charge in [0.25, 0.3) is 6.20 Å². The Morgan fingerprint density at radius 1 is 1.04 bits per heavy atom. The molecule has 2 bridgehead atoms. The fourth-order valence-corrected chi connectivity index (χ4v) is 8.92. The highest BCUT2D eigenvalue weighted by molar-refractivity contribution is 7.89. The molecule has 3 atom stereocenters. The van der Waals surface area contributed by atoms with Gasteiger partial charge in [-0.2, -0.15) is 0 Å². The van der Waals surface area contributed by atoms with Crippen molar-refractivity contribution in [3.05, 3.63) is 112 Å². The maximum Gasteiger partial charge on any atom is 0.322 e. The molecule has 1 unspecified atom stereocenters. The summed E-state index contributed by atoms with van der Waals surface area (Å²) in [5.74, 6) is -1.39. The van der Waals surface area contributed by atoms with Crippen LogP contribution in [-0.4, -0.2) is 42.0 Å². The van der Waals surface area contributed by atoms with Crippen LogP contribution in [0.1, 0.15) is 44.2 Å². The SMILES string of the molecule is CC1(C)[C@H]2CCC1(CS(=O)(=O)N[C@@H](Cc1ccc(-c3cccc(N/C(=C/[N+](=O)[O-])NCc4ccccc4)c3)cc1)C(=O)O)C(=O)C2. The number of nitro groups is 1. The van der Waals surface area contributed by atoms with Crippen LogP contribution in [0.4, 0.5) is 5.69 Å². The number of anilines is 1. The number of aliphatic carboxylic acids is 1. The molecule has 4 N–H and O–H groups in total. The molecular weight excluding hydrogens is 608 g/mol. The van der Waals surface area contributed by atoms with Crippen LogP contribution >= 0.6 is 0 Å². The topological polar surface area (TPSA) is 168 Å². The van der Waals surface area contributed by atoms with Crippen LogP contribution in [0.3, 0.4) is 0 Å². The first-order valence-electron chi connectivity index (χ1n) is 15.1. The predicted octanol–water partition coefficient (Wildman–Crippen LogP) is 4.94. The van der Waals surface area contributed by atoms with Crippen molar-refractivity contribution in [2.75, 3.05) is 11.1 Å². The number of benzene rings is 3. The van der Waals surface area contributed by atoms with Gasteiger partial charge in [-0.05, 0) is 65.0 Å². The molecule has 0 amide bonds. The van der Waals surface area contributed by atoms with Crippen LogP contribution < -0.4 is 15.4 Å². The zero-order chi connectivity index (χ0) is 33.1. The Labute approximate surface area is 268 Å². The quantitative estimate of drug-likeness (QED) is 0.140. The monoisotopic (exact) mass is 646 g/mol. The first-order chi connectivity index (χ1) is 21.8. The summed E-state index contributed by atoms with van der Waals surface area (Å²) in [6.45, 7) is 4.27. The van der Waals surface area contributed by atoms with E-state index in [2.05, 4.69) is 15.4 Å². The summed E-state index contributed by atoms with van der Waals surface area (Å²) in [7, 11) is -4.08. The van der Waals surface area contributed by atoms with Crippen LogP contribution in [0.5, 0.6) is 0 Å². The molecular formula is C34H38N4O7S. The van der Waals surface area contributed by atoms with Crippen molar-refractivity contribution < 1.29 is 28.0 Å². The predicted molar refractivity (Wildman–Crippen MR) is 174 cm³/mol. The molecule has 242 valence electrons. The number of hydrogen-bond donors (Lipinski definition) is 4.